The number of benzene rings is 1. The Morgan fingerprint density at radius 1 is 1.47 bits per heavy atom. The first-order valence-electron chi connectivity index (χ1n) is 6.34. The summed E-state index contributed by atoms with van der Waals surface area (Å²) in [6, 6.07) is 3.07. The lowest BCUT2D eigenvalue weighted by Crippen LogP contribution is -2.17. The average Bonchev–Trinajstić information content (AvgIpc) is 2.68. The molecule has 1 fully saturated rings. The van der Waals surface area contributed by atoms with Crippen molar-refractivity contribution in [3.05, 3.63) is 27.7 Å². The Labute approximate surface area is 125 Å². The Balaban J connectivity index is 2.00. The molecule has 6 heteroatoms. The lowest BCUT2D eigenvalue weighted by Gasteiger charge is -2.21. The van der Waals surface area contributed by atoms with Crippen molar-refractivity contribution in [2.45, 2.75) is 31.1 Å². The number of hydrogen-bond donors (Lipinski definition) is 1. The van der Waals surface area contributed by atoms with Gasteiger partial charge in [-0.2, -0.15) is 11.8 Å². The van der Waals surface area contributed by atoms with Crippen LogP contribution in [0.2, 0.25) is 5.02 Å². The van der Waals surface area contributed by atoms with Crippen LogP contribution >= 0.6 is 35.6 Å². The summed E-state index contributed by atoms with van der Waals surface area (Å²) in [6.45, 7) is 0.867. The van der Waals surface area contributed by atoms with Crippen LogP contribution in [0.3, 0.4) is 0 Å². The van der Waals surface area contributed by atoms with Gasteiger partial charge < -0.3 is 9.55 Å². The van der Waals surface area contributed by atoms with E-state index in [4.69, 9.17) is 23.8 Å². The van der Waals surface area contributed by atoms with Crippen molar-refractivity contribution in [2.75, 3.05) is 5.75 Å². The van der Waals surface area contributed by atoms with E-state index >= 15 is 0 Å². The number of hydrogen-bond acceptors (Lipinski definition) is 2. The Bertz CT molecular complexity index is 658. The van der Waals surface area contributed by atoms with Gasteiger partial charge in [-0.1, -0.05) is 18.0 Å². The van der Waals surface area contributed by atoms with Crippen LogP contribution in [0.25, 0.3) is 11.0 Å². The first kappa shape index (κ1) is 13.5. The van der Waals surface area contributed by atoms with E-state index in [-0.39, 0.29) is 5.02 Å². The SMILES string of the molecule is Fc1cc2[nH]c(=S)n(CC3CCCCS3)c2cc1Cl. The number of halogens is 2. The van der Waals surface area contributed by atoms with Gasteiger partial charge in [-0.3, -0.25) is 0 Å². The van der Waals surface area contributed by atoms with Crippen molar-refractivity contribution in [3.63, 3.8) is 0 Å². The minimum Gasteiger partial charge on any atom is -0.330 e. The fraction of sp³-hybridized carbons (Fsp3) is 0.462. The molecule has 0 amide bonds. The number of rotatable bonds is 2. The predicted octanol–water partition coefficient (Wildman–Crippen LogP) is 4.78. The summed E-state index contributed by atoms with van der Waals surface area (Å²) in [5.74, 6) is 0.806. The summed E-state index contributed by atoms with van der Waals surface area (Å²) >= 11 is 13.2. The van der Waals surface area contributed by atoms with Crippen LogP contribution in [0.15, 0.2) is 12.1 Å². The predicted molar refractivity (Wildman–Crippen MR) is 82.2 cm³/mol. The van der Waals surface area contributed by atoms with Crippen molar-refractivity contribution in [2.24, 2.45) is 0 Å². The van der Waals surface area contributed by atoms with Crippen molar-refractivity contribution < 1.29 is 4.39 Å². The molecule has 19 heavy (non-hydrogen) atoms. The molecule has 0 aliphatic carbocycles. The van der Waals surface area contributed by atoms with Gasteiger partial charge >= 0.3 is 0 Å². The highest BCUT2D eigenvalue weighted by Crippen LogP contribution is 2.29. The molecule has 2 aromatic rings. The molecule has 1 aromatic heterocycles. The summed E-state index contributed by atoms with van der Waals surface area (Å²) in [4.78, 5) is 3.05. The highest BCUT2D eigenvalue weighted by atomic mass is 35.5. The van der Waals surface area contributed by atoms with E-state index in [1.165, 1.54) is 31.1 Å². The molecule has 0 bridgehead atoms. The van der Waals surface area contributed by atoms with E-state index < -0.39 is 5.82 Å². The van der Waals surface area contributed by atoms with Crippen molar-refractivity contribution in [3.8, 4) is 0 Å². The Kier molecular flexibility index (Phi) is 3.87. The lowest BCUT2D eigenvalue weighted by molar-refractivity contribution is 0.587. The van der Waals surface area contributed by atoms with Gasteiger partial charge in [0.05, 0.1) is 16.1 Å². The van der Waals surface area contributed by atoms with Crippen molar-refractivity contribution >= 4 is 46.6 Å². The molecule has 2 nitrogen and oxygen atoms in total. The number of nitrogens with one attached hydrogen (secondary N) is 1. The third-order valence-electron chi connectivity index (χ3n) is 3.48. The standard InChI is InChI=1S/C13H14ClFN2S2/c14-9-5-12-11(6-10(9)15)16-13(18)17(12)7-8-3-1-2-4-19-8/h5-6,8H,1-4,7H2,(H,16,18). The summed E-state index contributed by atoms with van der Waals surface area (Å²) in [7, 11) is 0. The number of fused-ring (bicyclic) bond motifs is 1. The molecule has 1 aliphatic rings. The number of imidazole rings is 1. The number of thioether (sulfide) groups is 1. The molecule has 102 valence electrons. The zero-order chi connectivity index (χ0) is 13.4. The van der Waals surface area contributed by atoms with Gasteiger partial charge in [-0.25, -0.2) is 4.39 Å². The normalized spacial score (nSPS) is 20.0. The van der Waals surface area contributed by atoms with E-state index in [0.29, 0.717) is 15.5 Å². The molecular formula is C13H14ClFN2S2. The van der Waals surface area contributed by atoms with Crippen LogP contribution in [-0.2, 0) is 6.54 Å². The largest absolute Gasteiger partial charge is 0.330 e. The van der Waals surface area contributed by atoms with Crippen LogP contribution in [-0.4, -0.2) is 20.6 Å². The molecule has 0 spiro atoms. The van der Waals surface area contributed by atoms with Crippen LogP contribution in [0.4, 0.5) is 4.39 Å². The molecular weight excluding hydrogens is 303 g/mol. The molecule has 1 saturated heterocycles. The van der Waals surface area contributed by atoms with Crippen LogP contribution in [0, 0.1) is 10.6 Å². The molecule has 2 heterocycles. The summed E-state index contributed by atoms with van der Waals surface area (Å²) in [5.41, 5.74) is 1.61. The third kappa shape index (κ3) is 2.69. The van der Waals surface area contributed by atoms with Crippen molar-refractivity contribution in [1.29, 1.82) is 0 Å². The fourth-order valence-corrected chi connectivity index (χ4v) is 4.22. The maximum Gasteiger partial charge on any atom is 0.178 e. The summed E-state index contributed by atoms with van der Waals surface area (Å²) < 4.78 is 16.1. The second-order valence-corrected chi connectivity index (χ2v) is 7.01. The van der Waals surface area contributed by atoms with E-state index in [2.05, 4.69) is 4.98 Å². The van der Waals surface area contributed by atoms with Crippen LogP contribution in [0.1, 0.15) is 19.3 Å². The molecule has 0 saturated carbocycles. The van der Waals surface area contributed by atoms with Gasteiger partial charge in [-0.05, 0) is 36.9 Å². The third-order valence-corrected chi connectivity index (χ3v) is 5.47. The monoisotopic (exact) mass is 316 g/mol. The second-order valence-electron chi connectivity index (χ2n) is 4.81. The van der Waals surface area contributed by atoms with Gasteiger partial charge in [0, 0.05) is 17.9 Å². The highest BCUT2D eigenvalue weighted by molar-refractivity contribution is 7.99. The lowest BCUT2D eigenvalue weighted by atomic mass is 10.2. The average molecular weight is 317 g/mol. The van der Waals surface area contributed by atoms with E-state index in [1.807, 2.05) is 16.3 Å². The maximum atomic E-state index is 13.4. The van der Waals surface area contributed by atoms with Crippen LogP contribution < -0.4 is 0 Å². The van der Waals surface area contributed by atoms with E-state index in [1.54, 1.807) is 6.07 Å². The maximum absolute atomic E-state index is 13.4. The molecule has 1 aliphatic heterocycles. The molecule has 1 atom stereocenters. The van der Waals surface area contributed by atoms with Gasteiger partial charge in [0.25, 0.3) is 0 Å². The Hall–Kier alpha value is -0.520. The fourth-order valence-electron chi connectivity index (χ4n) is 2.49. The smallest absolute Gasteiger partial charge is 0.178 e. The Morgan fingerprint density at radius 2 is 2.32 bits per heavy atom. The quantitative estimate of drug-likeness (QED) is 0.805. The van der Waals surface area contributed by atoms with Crippen LogP contribution in [0.5, 0.6) is 0 Å². The van der Waals surface area contributed by atoms with Gasteiger partial charge in [0.15, 0.2) is 4.77 Å². The van der Waals surface area contributed by atoms with Crippen molar-refractivity contribution in [1.82, 2.24) is 9.55 Å². The summed E-state index contributed by atoms with van der Waals surface area (Å²) in [6.07, 6.45) is 3.80. The van der Waals surface area contributed by atoms with E-state index in [9.17, 15) is 4.39 Å². The number of aromatic amines is 1. The van der Waals surface area contributed by atoms with Gasteiger partial charge in [0.1, 0.15) is 5.82 Å². The molecule has 1 aromatic carbocycles. The molecule has 1 unspecified atom stereocenters. The molecule has 3 rings (SSSR count). The Morgan fingerprint density at radius 3 is 3.05 bits per heavy atom. The topological polar surface area (TPSA) is 20.7 Å². The van der Waals surface area contributed by atoms with E-state index in [0.717, 1.165) is 12.1 Å². The first-order valence-corrected chi connectivity index (χ1v) is 8.18. The summed E-state index contributed by atoms with van der Waals surface area (Å²) in [5, 5.41) is 0.731. The minimum absolute atomic E-state index is 0.145. The highest BCUT2D eigenvalue weighted by Gasteiger charge is 2.17. The molecule has 0 radical (unpaired) electrons. The number of H-pyrrole nitrogens is 1. The zero-order valence-corrected chi connectivity index (χ0v) is 12.7. The zero-order valence-electron chi connectivity index (χ0n) is 10.3. The molecule has 1 N–H and O–H groups in total. The van der Waals surface area contributed by atoms with Gasteiger partial charge in [0.2, 0.25) is 0 Å². The number of aromatic nitrogens is 2. The second kappa shape index (κ2) is 5.46. The number of nitrogens with zero attached hydrogens (tertiary/aromatic N) is 1. The minimum atomic E-state index is -0.412. The first-order chi connectivity index (χ1) is 9.15. The van der Waals surface area contributed by atoms with Gasteiger partial charge in [-0.15, -0.1) is 0 Å².